The number of anilines is 2. The van der Waals surface area contributed by atoms with Gasteiger partial charge in [0.1, 0.15) is 11.0 Å². The van der Waals surface area contributed by atoms with Crippen LogP contribution in [0.3, 0.4) is 0 Å². The Kier molecular flexibility index (Phi) is 5.00. The third kappa shape index (κ3) is 3.88. The first-order valence-electron chi connectivity index (χ1n) is 10.8. The molecular formula is C24H20N10. The zero-order valence-electron chi connectivity index (χ0n) is 18.0. The third-order valence-corrected chi connectivity index (χ3v) is 5.46. The molecule has 4 aromatic heterocycles. The average Bonchev–Trinajstić information content (AvgIpc) is 3.56. The van der Waals surface area contributed by atoms with Crippen molar-refractivity contribution in [1.82, 2.24) is 39.9 Å². The number of rotatable bonds is 7. The van der Waals surface area contributed by atoms with Crippen molar-refractivity contribution >= 4 is 34.1 Å². The molecule has 0 amide bonds. The Labute approximate surface area is 194 Å². The molecule has 0 aliphatic rings. The van der Waals surface area contributed by atoms with Crippen LogP contribution in [0.5, 0.6) is 0 Å². The average molecular weight is 448 g/mol. The minimum atomic E-state index is 0.480. The highest BCUT2D eigenvalue weighted by Gasteiger charge is 2.13. The normalized spacial score (nSPS) is 11.2. The molecule has 0 bridgehead atoms. The predicted octanol–water partition coefficient (Wildman–Crippen LogP) is 3.91. The van der Waals surface area contributed by atoms with E-state index in [4.69, 9.17) is 0 Å². The van der Waals surface area contributed by atoms with Crippen LogP contribution in [0.2, 0.25) is 0 Å². The summed E-state index contributed by atoms with van der Waals surface area (Å²) in [5.41, 5.74) is 5.89. The van der Waals surface area contributed by atoms with Gasteiger partial charge in [0.2, 0.25) is 5.95 Å². The molecule has 0 atom stereocenters. The van der Waals surface area contributed by atoms with Gasteiger partial charge in [0.05, 0.1) is 18.9 Å². The van der Waals surface area contributed by atoms with Crippen molar-refractivity contribution in [3.8, 4) is 11.4 Å². The lowest BCUT2D eigenvalue weighted by Gasteiger charge is -2.12. The van der Waals surface area contributed by atoms with Crippen molar-refractivity contribution in [3.63, 3.8) is 0 Å². The Morgan fingerprint density at radius 3 is 2.47 bits per heavy atom. The van der Waals surface area contributed by atoms with E-state index in [2.05, 4.69) is 62.6 Å². The molecule has 166 valence electrons. The van der Waals surface area contributed by atoms with Crippen LogP contribution in [0, 0.1) is 0 Å². The highest BCUT2D eigenvalue weighted by atomic mass is 15.2. The second-order valence-corrected chi connectivity index (χ2v) is 7.68. The number of fused-ring (bicyclic) bond motifs is 2. The maximum atomic E-state index is 4.69. The van der Waals surface area contributed by atoms with Crippen LogP contribution in [0.4, 0.5) is 11.8 Å². The highest BCUT2D eigenvalue weighted by molar-refractivity contribution is 5.83. The van der Waals surface area contributed by atoms with Crippen LogP contribution in [-0.2, 0) is 13.1 Å². The summed E-state index contributed by atoms with van der Waals surface area (Å²) in [6, 6.07) is 18.1. The monoisotopic (exact) mass is 448 g/mol. The largest absolute Gasteiger partial charge is 0.364 e. The van der Waals surface area contributed by atoms with E-state index in [9.17, 15) is 0 Å². The molecule has 0 aliphatic heterocycles. The molecule has 6 aromatic rings. The van der Waals surface area contributed by atoms with E-state index in [0.29, 0.717) is 42.0 Å². The first kappa shape index (κ1) is 19.8. The fourth-order valence-corrected chi connectivity index (χ4v) is 3.75. The smallest absolute Gasteiger partial charge is 0.227 e. The molecule has 0 aliphatic carbocycles. The van der Waals surface area contributed by atoms with Crippen LogP contribution < -0.4 is 10.6 Å². The van der Waals surface area contributed by atoms with E-state index in [1.165, 1.54) is 0 Å². The molecule has 10 nitrogen and oxygen atoms in total. The van der Waals surface area contributed by atoms with Gasteiger partial charge in [-0.1, -0.05) is 54.6 Å². The lowest BCUT2D eigenvalue weighted by atomic mass is 10.1. The fourth-order valence-electron chi connectivity index (χ4n) is 3.75. The first-order chi connectivity index (χ1) is 16.8. The number of nitrogens with one attached hydrogen (secondary N) is 4. The summed E-state index contributed by atoms with van der Waals surface area (Å²) >= 11 is 0. The van der Waals surface area contributed by atoms with Crippen molar-refractivity contribution in [1.29, 1.82) is 0 Å². The van der Waals surface area contributed by atoms with Gasteiger partial charge in [0.25, 0.3) is 0 Å². The molecule has 4 N–H and O–H groups in total. The molecule has 2 aromatic carbocycles. The van der Waals surface area contributed by atoms with Gasteiger partial charge < -0.3 is 20.6 Å². The lowest BCUT2D eigenvalue weighted by molar-refractivity contribution is 1.04. The number of benzene rings is 2. The quantitative estimate of drug-likeness (QED) is 0.289. The molecule has 0 radical (unpaired) electrons. The topological polar surface area (TPSA) is 133 Å². The van der Waals surface area contributed by atoms with Gasteiger partial charge in [-0.3, -0.25) is 0 Å². The molecule has 0 saturated carbocycles. The van der Waals surface area contributed by atoms with Gasteiger partial charge in [-0.15, -0.1) is 0 Å². The number of aromatic amines is 2. The number of hydrogen-bond donors (Lipinski definition) is 4. The summed E-state index contributed by atoms with van der Waals surface area (Å²) in [4.78, 5) is 33.0. The van der Waals surface area contributed by atoms with E-state index in [0.717, 1.165) is 27.7 Å². The summed E-state index contributed by atoms with van der Waals surface area (Å²) in [7, 11) is 0. The summed E-state index contributed by atoms with van der Waals surface area (Å²) in [5, 5.41) is 6.72. The minimum Gasteiger partial charge on any atom is -0.364 e. The summed E-state index contributed by atoms with van der Waals surface area (Å²) in [6.45, 7) is 1.13. The van der Waals surface area contributed by atoms with Gasteiger partial charge in [-0.25, -0.2) is 19.9 Å². The molecule has 4 heterocycles. The Morgan fingerprint density at radius 1 is 0.706 bits per heavy atom. The van der Waals surface area contributed by atoms with E-state index >= 15 is 0 Å². The van der Waals surface area contributed by atoms with Crippen LogP contribution in [0.1, 0.15) is 11.1 Å². The Bertz CT molecular complexity index is 1570. The maximum Gasteiger partial charge on any atom is 0.227 e. The summed E-state index contributed by atoms with van der Waals surface area (Å²) in [6.07, 6.45) is 4.98. The Hall–Kier alpha value is -4.86. The van der Waals surface area contributed by atoms with E-state index < -0.39 is 0 Å². The van der Waals surface area contributed by atoms with Gasteiger partial charge in [-0.05, 0) is 11.1 Å². The number of hydrogen-bond acceptors (Lipinski definition) is 8. The molecule has 0 fully saturated rings. The zero-order valence-corrected chi connectivity index (χ0v) is 18.0. The highest BCUT2D eigenvalue weighted by Crippen LogP contribution is 2.23. The van der Waals surface area contributed by atoms with Crippen molar-refractivity contribution in [2.24, 2.45) is 0 Å². The maximum absolute atomic E-state index is 4.69. The van der Waals surface area contributed by atoms with E-state index in [1.54, 1.807) is 18.9 Å². The van der Waals surface area contributed by atoms with Crippen LogP contribution in [-0.4, -0.2) is 39.9 Å². The van der Waals surface area contributed by atoms with E-state index in [-0.39, 0.29) is 0 Å². The van der Waals surface area contributed by atoms with Crippen LogP contribution in [0.25, 0.3) is 33.7 Å². The van der Waals surface area contributed by atoms with Gasteiger partial charge >= 0.3 is 0 Å². The predicted molar refractivity (Wildman–Crippen MR) is 130 cm³/mol. The van der Waals surface area contributed by atoms with Gasteiger partial charge in [0.15, 0.2) is 22.9 Å². The Balaban J connectivity index is 1.26. The Morgan fingerprint density at radius 2 is 1.53 bits per heavy atom. The SMILES string of the molecule is c1ccc(CNc2nc(NCc3ccccc3-c3ncc4[nH]cnc4n3)nc3nc[nH]c23)cc1. The first-order valence-corrected chi connectivity index (χ1v) is 10.8. The molecule has 34 heavy (non-hydrogen) atoms. The molecule has 10 heteroatoms. The second-order valence-electron chi connectivity index (χ2n) is 7.68. The number of H-pyrrole nitrogens is 2. The standard InChI is InChI=1S/C24H20N10/c1-2-6-15(7-3-1)10-25-22-19-23(31-14-29-19)34-24(33-22)27-11-16-8-4-5-9-17(16)20-26-12-18-21(32-20)30-13-28-18/h1-9,12-14H,10-11H2,(H,26,28,30,32)(H3,25,27,29,31,33,34). The third-order valence-electron chi connectivity index (χ3n) is 5.46. The fraction of sp³-hybridized carbons (Fsp3) is 0.0833. The number of nitrogens with zero attached hydrogens (tertiary/aromatic N) is 6. The zero-order chi connectivity index (χ0) is 22.7. The van der Waals surface area contributed by atoms with Crippen molar-refractivity contribution in [2.45, 2.75) is 13.1 Å². The second kappa shape index (κ2) is 8.58. The minimum absolute atomic E-state index is 0.480. The molecular weight excluding hydrogens is 428 g/mol. The molecule has 0 saturated heterocycles. The number of aromatic nitrogens is 8. The molecule has 6 rings (SSSR count). The van der Waals surface area contributed by atoms with Crippen molar-refractivity contribution in [2.75, 3.05) is 10.6 Å². The van der Waals surface area contributed by atoms with Crippen LogP contribution in [0.15, 0.2) is 73.4 Å². The summed E-state index contributed by atoms with van der Waals surface area (Å²) in [5.74, 6) is 1.79. The van der Waals surface area contributed by atoms with Crippen LogP contribution >= 0.6 is 0 Å². The van der Waals surface area contributed by atoms with Gasteiger partial charge in [-0.2, -0.15) is 9.97 Å². The molecule has 0 spiro atoms. The lowest BCUT2D eigenvalue weighted by Crippen LogP contribution is -2.09. The number of imidazole rings is 2. The van der Waals surface area contributed by atoms with Crippen molar-refractivity contribution in [3.05, 3.63) is 84.6 Å². The summed E-state index contributed by atoms with van der Waals surface area (Å²) < 4.78 is 0. The van der Waals surface area contributed by atoms with Crippen molar-refractivity contribution < 1.29 is 0 Å². The van der Waals surface area contributed by atoms with E-state index in [1.807, 2.05) is 42.5 Å². The molecule has 0 unspecified atom stereocenters. The van der Waals surface area contributed by atoms with Gasteiger partial charge in [0, 0.05) is 18.7 Å².